The third kappa shape index (κ3) is 2.55. The Morgan fingerprint density at radius 2 is 1.60 bits per heavy atom. The van der Waals surface area contributed by atoms with Gasteiger partial charge in [0, 0.05) is 7.11 Å². The predicted octanol–water partition coefficient (Wildman–Crippen LogP) is 3.87. The molecular formula is C14H26O. The van der Waals surface area contributed by atoms with Gasteiger partial charge in [0.25, 0.3) is 0 Å². The number of rotatable bonds is 2. The highest BCUT2D eigenvalue weighted by atomic mass is 16.5. The van der Waals surface area contributed by atoms with E-state index in [0.29, 0.717) is 6.10 Å². The van der Waals surface area contributed by atoms with E-state index in [4.69, 9.17) is 4.74 Å². The fourth-order valence-electron chi connectivity index (χ4n) is 3.70. The van der Waals surface area contributed by atoms with Gasteiger partial charge < -0.3 is 4.74 Å². The van der Waals surface area contributed by atoms with Crippen molar-refractivity contribution in [2.75, 3.05) is 7.11 Å². The van der Waals surface area contributed by atoms with E-state index in [9.17, 15) is 0 Å². The van der Waals surface area contributed by atoms with Gasteiger partial charge in [0.15, 0.2) is 0 Å². The second-order valence-electron chi connectivity index (χ2n) is 6.01. The summed E-state index contributed by atoms with van der Waals surface area (Å²) in [7, 11) is 1.88. The summed E-state index contributed by atoms with van der Waals surface area (Å²) in [5.74, 6) is 3.91. The van der Waals surface area contributed by atoms with E-state index in [1.54, 1.807) is 0 Å². The number of hydrogen-bond donors (Lipinski definition) is 0. The molecular weight excluding hydrogens is 184 g/mol. The summed E-state index contributed by atoms with van der Waals surface area (Å²) in [6, 6.07) is 0. The van der Waals surface area contributed by atoms with Crippen LogP contribution in [0.1, 0.15) is 52.4 Å². The molecule has 0 heterocycles. The van der Waals surface area contributed by atoms with Crippen molar-refractivity contribution in [1.29, 1.82) is 0 Å². The van der Waals surface area contributed by atoms with Crippen LogP contribution in [0.15, 0.2) is 0 Å². The average molecular weight is 210 g/mol. The maximum absolute atomic E-state index is 5.51. The van der Waals surface area contributed by atoms with Gasteiger partial charge in [-0.1, -0.05) is 13.8 Å². The van der Waals surface area contributed by atoms with Crippen LogP contribution in [-0.2, 0) is 4.74 Å². The van der Waals surface area contributed by atoms with E-state index in [0.717, 1.165) is 23.7 Å². The summed E-state index contributed by atoms with van der Waals surface area (Å²) in [6.07, 6.45) is 9.07. The Kier molecular flexibility index (Phi) is 3.71. The van der Waals surface area contributed by atoms with Crippen LogP contribution in [0, 0.1) is 23.7 Å². The first-order valence-corrected chi connectivity index (χ1v) is 6.73. The Hall–Kier alpha value is -0.0400. The van der Waals surface area contributed by atoms with E-state index >= 15 is 0 Å². The molecule has 4 unspecified atom stereocenters. The molecule has 0 amide bonds. The Morgan fingerprint density at radius 1 is 0.933 bits per heavy atom. The summed E-state index contributed by atoms with van der Waals surface area (Å²) in [6.45, 7) is 4.79. The van der Waals surface area contributed by atoms with Crippen LogP contribution in [0.5, 0.6) is 0 Å². The van der Waals surface area contributed by atoms with Gasteiger partial charge in [0.1, 0.15) is 0 Å². The highest BCUT2D eigenvalue weighted by Gasteiger charge is 2.36. The zero-order chi connectivity index (χ0) is 10.8. The van der Waals surface area contributed by atoms with Crippen LogP contribution in [0.4, 0.5) is 0 Å². The standard InChI is InChI=1S/C14H26O/c1-10(2)11-4-5-13-9-14(15-3)7-6-12(13)8-11/h10-14H,4-9H2,1-3H3. The van der Waals surface area contributed by atoms with Crippen molar-refractivity contribution in [3.8, 4) is 0 Å². The fraction of sp³-hybridized carbons (Fsp3) is 1.00. The first-order chi connectivity index (χ1) is 7.20. The maximum atomic E-state index is 5.51. The molecule has 2 aliphatic rings. The Balaban J connectivity index is 1.89. The molecule has 2 rings (SSSR count). The molecule has 0 bridgehead atoms. The van der Waals surface area contributed by atoms with Crippen LogP contribution >= 0.6 is 0 Å². The fourth-order valence-corrected chi connectivity index (χ4v) is 3.70. The van der Waals surface area contributed by atoms with Crippen molar-refractivity contribution >= 4 is 0 Å². The molecule has 0 spiro atoms. The molecule has 4 atom stereocenters. The predicted molar refractivity (Wildman–Crippen MR) is 63.8 cm³/mol. The van der Waals surface area contributed by atoms with Gasteiger partial charge in [-0.15, -0.1) is 0 Å². The molecule has 1 nitrogen and oxygen atoms in total. The smallest absolute Gasteiger partial charge is 0.0574 e. The average Bonchev–Trinajstić information content (AvgIpc) is 2.27. The molecule has 0 aromatic carbocycles. The third-order valence-electron chi connectivity index (χ3n) is 4.88. The molecule has 0 N–H and O–H groups in total. The lowest BCUT2D eigenvalue weighted by Crippen LogP contribution is -2.34. The van der Waals surface area contributed by atoms with E-state index < -0.39 is 0 Å². The van der Waals surface area contributed by atoms with Crippen LogP contribution in [-0.4, -0.2) is 13.2 Å². The first-order valence-electron chi connectivity index (χ1n) is 6.73. The van der Waals surface area contributed by atoms with E-state index in [1.807, 2.05) is 7.11 Å². The second-order valence-corrected chi connectivity index (χ2v) is 6.01. The van der Waals surface area contributed by atoms with Gasteiger partial charge in [0.2, 0.25) is 0 Å². The van der Waals surface area contributed by atoms with Gasteiger partial charge in [-0.2, -0.15) is 0 Å². The molecule has 1 heteroatoms. The van der Waals surface area contributed by atoms with Crippen molar-refractivity contribution < 1.29 is 4.74 Å². The first kappa shape index (κ1) is 11.4. The highest BCUT2D eigenvalue weighted by molar-refractivity contribution is 4.87. The SMILES string of the molecule is COC1CCC2CC(C(C)C)CCC2C1. The van der Waals surface area contributed by atoms with Crippen molar-refractivity contribution in [2.24, 2.45) is 23.7 Å². The molecule has 0 aromatic rings. The van der Waals surface area contributed by atoms with Crippen LogP contribution < -0.4 is 0 Å². The van der Waals surface area contributed by atoms with Gasteiger partial charge in [-0.05, 0) is 62.2 Å². The Bertz CT molecular complexity index is 200. The van der Waals surface area contributed by atoms with Crippen LogP contribution in [0.25, 0.3) is 0 Å². The van der Waals surface area contributed by atoms with Crippen molar-refractivity contribution in [1.82, 2.24) is 0 Å². The number of hydrogen-bond acceptors (Lipinski definition) is 1. The van der Waals surface area contributed by atoms with Gasteiger partial charge in [-0.25, -0.2) is 0 Å². The van der Waals surface area contributed by atoms with E-state index in [1.165, 1.54) is 38.5 Å². The highest BCUT2D eigenvalue weighted by Crippen LogP contribution is 2.45. The minimum absolute atomic E-state index is 0.571. The lowest BCUT2D eigenvalue weighted by molar-refractivity contribution is 0.00184. The van der Waals surface area contributed by atoms with Gasteiger partial charge in [0.05, 0.1) is 6.10 Å². The molecule has 0 aromatic heterocycles. The summed E-state index contributed by atoms with van der Waals surface area (Å²) in [5, 5.41) is 0. The van der Waals surface area contributed by atoms with Crippen molar-refractivity contribution in [3.05, 3.63) is 0 Å². The van der Waals surface area contributed by atoms with Gasteiger partial charge >= 0.3 is 0 Å². The van der Waals surface area contributed by atoms with Crippen molar-refractivity contribution in [3.63, 3.8) is 0 Å². The molecule has 0 saturated heterocycles. The summed E-state index contributed by atoms with van der Waals surface area (Å²) in [5.41, 5.74) is 0. The molecule has 2 saturated carbocycles. The topological polar surface area (TPSA) is 9.23 Å². The Morgan fingerprint density at radius 3 is 2.27 bits per heavy atom. The molecule has 15 heavy (non-hydrogen) atoms. The largest absolute Gasteiger partial charge is 0.381 e. The molecule has 2 aliphatic carbocycles. The molecule has 88 valence electrons. The zero-order valence-corrected chi connectivity index (χ0v) is 10.5. The van der Waals surface area contributed by atoms with Gasteiger partial charge in [-0.3, -0.25) is 0 Å². The molecule has 0 aliphatic heterocycles. The number of ether oxygens (including phenoxy) is 1. The zero-order valence-electron chi connectivity index (χ0n) is 10.5. The van der Waals surface area contributed by atoms with Crippen LogP contribution in [0.3, 0.4) is 0 Å². The number of fused-ring (bicyclic) bond motifs is 1. The van der Waals surface area contributed by atoms with E-state index in [-0.39, 0.29) is 0 Å². The maximum Gasteiger partial charge on any atom is 0.0574 e. The molecule has 2 fully saturated rings. The van der Waals surface area contributed by atoms with Crippen molar-refractivity contribution in [2.45, 2.75) is 58.5 Å². The second kappa shape index (κ2) is 4.86. The van der Waals surface area contributed by atoms with E-state index in [2.05, 4.69) is 13.8 Å². The quantitative estimate of drug-likeness (QED) is 0.672. The minimum Gasteiger partial charge on any atom is -0.381 e. The summed E-state index contributed by atoms with van der Waals surface area (Å²) in [4.78, 5) is 0. The lowest BCUT2D eigenvalue weighted by atomic mass is 9.65. The monoisotopic (exact) mass is 210 g/mol. The lowest BCUT2D eigenvalue weighted by Gasteiger charge is -2.42. The summed E-state index contributed by atoms with van der Waals surface area (Å²) >= 11 is 0. The summed E-state index contributed by atoms with van der Waals surface area (Å²) < 4.78 is 5.51. The Labute approximate surface area is 94.6 Å². The third-order valence-corrected chi connectivity index (χ3v) is 4.88. The minimum atomic E-state index is 0.571. The molecule has 0 radical (unpaired) electrons. The number of methoxy groups -OCH3 is 1. The normalized spacial score (nSPS) is 41.6. The van der Waals surface area contributed by atoms with Crippen LogP contribution in [0.2, 0.25) is 0 Å².